The highest BCUT2D eigenvalue weighted by molar-refractivity contribution is 7.93. The first-order valence-corrected chi connectivity index (χ1v) is 14.0. The standard InChI is InChI=1S/C29H30N4O4S/c1-21-19-24(28(33-17-15-30-16-18-33)29(34)37-20-22-7-3-2-4-8-22)12-13-25(21)32-38(35,36)26-11-5-9-23-10-6-14-31-27(23)26/h2-14,19,28,30,32H,15-18,20H2,1H3. The number of fused-ring (bicyclic) bond motifs is 1. The second-order valence-corrected chi connectivity index (χ2v) is 10.9. The third-order valence-corrected chi connectivity index (χ3v) is 8.06. The summed E-state index contributed by atoms with van der Waals surface area (Å²) in [6, 6.07) is 23.0. The van der Waals surface area contributed by atoms with E-state index in [0.29, 0.717) is 29.9 Å². The molecule has 9 heteroatoms. The number of carbonyl (C=O) groups excluding carboxylic acids is 1. The van der Waals surface area contributed by atoms with E-state index in [1.165, 1.54) is 0 Å². The van der Waals surface area contributed by atoms with Crippen molar-refractivity contribution in [3.05, 3.63) is 102 Å². The van der Waals surface area contributed by atoms with E-state index >= 15 is 0 Å². The monoisotopic (exact) mass is 530 g/mol. The number of esters is 1. The number of nitrogens with one attached hydrogen (secondary N) is 2. The van der Waals surface area contributed by atoms with Crippen LogP contribution in [0.2, 0.25) is 0 Å². The van der Waals surface area contributed by atoms with Crippen LogP contribution in [0.4, 0.5) is 5.69 Å². The summed E-state index contributed by atoms with van der Waals surface area (Å²) in [6.45, 7) is 4.97. The molecule has 1 unspecified atom stereocenters. The lowest BCUT2D eigenvalue weighted by atomic mass is 10.0. The maximum Gasteiger partial charge on any atom is 0.328 e. The van der Waals surface area contributed by atoms with E-state index in [4.69, 9.17) is 4.74 Å². The Bertz CT molecular complexity index is 1530. The Morgan fingerprint density at radius 3 is 2.55 bits per heavy atom. The molecule has 3 aromatic carbocycles. The first-order valence-electron chi connectivity index (χ1n) is 12.5. The minimum Gasteiger partial charge on any atom is -0.459 e. The van der Waals surface area contributed by atoms with Gasteiger partial charge in [0.15, 0.2) is 0 Å². The van der Waals surface area contributed by atoms with Gasteiger partial charge in [-0.1, -0.05) is 60.7 Å². The number of para-hydroxylation sites is 1. The number of benzene rings is 3. The van der Waals surface area contributed by atoms with Crippen molar-refractivity contribution in [2.45, 2.75) is 24.5 Å². The summed E-state index contributed by atoms with van der Waals surface area (Å²) in [4.78, 5) is 19.8. The minimum absolute atomic E-state index is 0.113. The zero-order valence-corrected chi connectivity index (χ0v) is 21.9. The summed E-state index contributed by atoms with van der Waals surface area (Å²) in [6.07, 6.45) is 1.58. The zero-order chi connectivity index (χ0) is 26.5. The highest BCUT2D eigenvalue weighted by atomic mass is 32.2. The van der Waals surface area contributed by atoms with Gasteiger partial charge in [0.2, 0.25) is 0 Å². The van der Waals surface area contributed by atoms with Crippen LogP contribution in [0.1, 0.15) is 22.7 Å². The van der Waals surface area contributed by atoms with E-state index in [-0.39, 0.29) is 17.5 Å². The van der Waals surface area contributed by atoms with Gasteiger partial charge in [-0.2, -0.15) is 0 Å². The molecule has 1 atom stereocenters. The fourth-order valence-corrected chi connectivity index (χ4v) is 6.02. The van der Waals surface area contributed by atoms with Crippen molar-refractivity contribution in [1.29, 1.82) is 0 Å². The van der Waals surface area contributed by atoms with Gasteiger partial charge in [-0.3, -0.25) is 14.6 Å². The number of nitrogens with zero attached hydrogens (tertiary/aromatic N) is 2. The summed E-state index contributed by atoms with van der Waals surface area (Å²) < 4.78 is 35.1. The molecule has 2 N–H and O–H groups in total. The first-order chi connectivity index (χ1) is 18.4. The fourth-order valence-electron chi connectivity index (χ4n) is 4.71. The molecule has 0 aliphatic carbocycles. The number of carbonyl (C=O) groups is 1. The van der Waals surface area contributed by atoms with E-state index in [1.54, 1.807) is 36.5 Å². The molecule has 1 fully saturated rings. The third kappa shape index (κ3) is 5.70. The van der Waals surface area contributed by atoms with Crippen LogP contribution in [0.3, 0.4) is 0 Å². The molecule has 0 saturated carbocycles. The number of ether oxygens (including phenoxy) is 1. The predicted octanol–water partition coefficient (Wildman–Crippen LogP) is 4.03. The second kappa shape index (κ2) is 11.3. The van der Waals surface area contributed by atoms with Crippen molar-refractivity contribution >= 4 is 32.6 Å². The average Bonchev–Trinajstić information content (AvgIpc) is 2.94. The highest BCUT2D eigenvalue weighted by Crippen LogP contribution is 2.29. The van der Waals surface area contributed by atoms with Crippen LogP contribution in [0, 0.1) is 6.92 Å². The Labute approximate surface area is 222 Å². The maximum absolute atomic E-state index is 13.3. The summed E-state index contributed by atoms with van der Waals surface area (Å²) in [5, 5.41) is 4.06. The molecule has 5 rings (SSSR count). The van der Waals surface area contributed by atoms with Gasteiger partial charge >= 0.3 is 5.97 Å². The van der Waals surface area contributed by atoms with E-state index in [9.17, 15) is 13.2 Å². The van der Waals surface area contributed by atoms with Crippen molar-refractivity contribution in [1.82, 2.24) is 15.2 Å². The number of anilines is 1. The Balaban J connectivity index is 1.40. The van der Waals surface area contributed by atoms with Crippen LogP contribution < -0.4 is 10.0 Å². The van der Waals surface area contributed by atoms with Gasteiger partial charge in [0.1, 0.15) is 17.5 Å². The SMILES string of the molecule is Cc1cc(C(C(=O)OCc2ccccc2)N2CCNCC2)ccc1NS(=O)(=O)c1cccc2cccnc12. The Kier molecular flexibility index (Phi) is 7.69. The van der Waals surface area contributed by atoms with E-state index in [2.05, 4.69) is 19.9 Å². The fraction of sp³-hybridized carbons (Fsp3) is 0.241. The Hall–Kier alpha value is -3.79. The van der Waals surface area contributed by atoms with Crippen molar-refractivity contribution in [2.75, 3.05) is 30.9 Å². The van der Waals surface area contributed by atoms with Crippen LogP contribution in [0.5, 0.6) is 0 Å². The second-order valence-electron chi connectivity index (χ2n) is 9.29. The van der Waals surface area contributed by atoms with Gasteiger partial charge in [0.05, 0.1) is 11.2 Å². The number of rotatable bonds is 8. The summed E-state index contributed by atoms with van der Waals surface area (Å²) in [7, 11) is -3.89. The molecule has 0 radical (unpaired) electrons. The van der Waals surface area contributed by atoms with Crippen molar-refractivity contribution in [2.24, 2.45) is 0 Å². The van der Waals surface area contributed by atoms with Crippen LogP contribution in [-0.4, -0.2) is 50.5 Å². The average molecular weight is 531 g/mol. The lowest BCUT2D eigenvalue weighted by Gasteiger charge is -2.34. The zero-order valence-electron chi connectivity index (χ0n) is 21.1. The number of pyridine rings is 1. The predicted molar refractivity (Wildman–Crippen MR) is 147 cm³/mol. The van der Waals surface area contributed by atoms with Crippen LogP contribution >= 0.6 is 0 Å². The Morgan fingerprint density at radius 2 is 1.79 bits per heavy atom. The van der Waals surface area contributed by atoms with Gasteiger partial charge in [-0.25, -0.2) is 13.2 Å². The summed E-state index contributed by atoms with van der Waals surface area (Å²) >= 11 is 0. The van der Waals surface area contributed by atoms with Gasteiger partial charge in [-0.05, 0) is 41.8 Å². The van der Waals surface area contributed by atoms with Gasteiger partial charge in [0.25, 0.3) is 10.0 Å². The molecule has 38 heavy (non-hydrogen) atoms. The van der Waals surface area contributed by atoms with Crippen molar-refractivity contribution < 1.29 is 17.9 Å². The lowest BCUT2D eigenvalue weighted by molar-refractivity contribution is -0.152. The van der Waals surface area contributed by atoms with Crippen LogP contribution in [0.25, 0.3) is 10.9 Å². The van der Waals surface area contributed by atoms with Crippen molar-refractivity contribution in [3.8, 4) is 0 Å². The molecule has 0 amide bonds. The van der Waals surface area contributed by atoms with Crippen LogP contribution in [-0.2, 0) is 26.2 Å². The first kappa shape index (κ1) is 25.8. The molecule has 1 aromatic heterocycles. The number of aromatic nitrogens is 1. The lowest BCUT2D eigenvalue weighted by Crippen LogP contribution is -2.47. The molecule has 1 saturated heterocycles. The molecular formula is C29H30N4O4S. The number of aryl methyl sites for hydroxylation is 1. The van der Waals surface area contributed by atoms with Gasteiger partial charge in [0, 0.05) is 37.8 Å². The summed E-state index contributed by atoms with van der Waals surface area (Å²) in [5.74, 6) is -0.328. The normalized spacial score (nSPS) is 15.2. The summed E-state index contributed by atoms with van der Waals surface area (Å²) in [5.41, 5.74) is 3.24. The van der Waals surface area contributed by atoms with Crippen molar-refractivity contribution in [3.63, 3.8) is 0 Å². The Morgan fingerprint density at radius 1 is 1.03 bits per heavy atom. The molecule has 196 valence electrons. The molecule has 0 bridgehead atoms. The minimum atomic E-state index is -3.89. The number of hydrogen-bond acceptors (Lipinski definition) is 7. The molecule has 0 spiro atoms. The molecular weight excluding hydrogens is 500 g/mol. The van der Waals surface area contributed by atoms with E-state index in [1.807, 2.05) is 55.5 Å². The number of sulfonamides is 1. The maximum atomic E-state index is 13.3. The quantitative estimate of drug-likeness (QED) is 0.332. The largest absolute Gasteiger partial charge is 0.459 e. The van der Waals surface area contributed by atoms with Gasteiger partial charge < -0.3 is 10.1 Å². The smallest absolute Gasteiger partial charge is 0.328 e. The molecule has 1 aliphatic heterocycles. The van der Waals surface area contributed by atoms with E-state index in [0.717, 1.165) is 29.6 Å². The molecule has 2 heterocycles. The third-order valence-electron chi connectivity index (χ3n) is 6.66. The molecule has 8 nitrogen and oxygen atoms in total. The molecule has 1 aliphatic rings. The van der Waals surface area contributed by atoms with Gasteiger partial charge in [-0.15, -0.1) is 0 Å². The highest BCUT2D eigenvalue weighted by Gasteiger charge is 2.31. The number of piperazine rings is 1. The topological polar surface area (TPSA) is 101 Å². The number of hydrogen-bond donors (Lipinski definition) is 2. The molecule has 4 aromatic rings. The van der Waals surface area contributed by atoms with Crippen LogP contribution in [0.15, 0.2) is 90.0 Å². The van der Waals surface area contributed by atoms with E-state index < -0.39 is 16.1 Å².